The third kappa shape index (κ3) is 2.74. The second kappa shape index (κ2) is 5.46. The molecule has 0 aromatic carbocycles. The lowest BCUT2D eigenvalue weighted by Crippen LogP contribution is -2.17. The summed E-state index contributed by atoms with van der Waals surface area (Å²) in [5.41, 5.74) is 0.0822. The predicted molar refractivity (Wildman–Crippen MR) is 74.9 cm³/mol. The topological polar surface area (TPSA) is 85.3 Å². The number of rotatable bonds is 3. The van der Waals surface area contributed by atoms with E-state index in [0.29, 0.717) is 11.3 Å². The van der Waals surface area contributed by atoms with Gasteiger partial charge in [0.2, 0.25) is 0 Å². The first kappa shape index (κ1) is 12.9. The molecule has 104 valence electrons. The molecule has 0 bridgehead atoms. The van der Waals surface area contributed by atoms with Crippen LogP contribution in [0.2, 0.25) is 0 Å². The molecule has 0 fully saturated rings. The fourth-order valence-corrected chi connectivity index (χ4v) is 1.76. The Morgan fingerprint density at radius 3 is 2.71 bits per heavy atom. The average molecular weight is 282 g/mol. The van der Waals surface area contributed by atoms with E-state index in [9.17, 15) is 9.59 Å². The summed E-state index contributed by atoms with van der Waals surface area (Å²) in [5.74, 6) is -0.0174. The van der Waals surface area contributed by atoms with Crippen molar-refractivity contribution in [1.29, 1.82) is 0 Å². The maximum Gasteiger partial charge on any atom is 0.360 e. The van der Waals surface area contributed by atoms with Gasteiger partial charge in [0.25, 0.3) is 5.91 Å². The van der Waals surface area contributed by atoms with Crippen LogP contribution in [-0.2, 0) is 0 Å². The van der Waals surface area contributed by atoms with E-state index < -0.39 is 11.5 Å². The highest BCUT2D eigenvalue weighted by Crippen LogP contribution is 2.17. The Morgan fingerprint density at radius 2 is 2.05 bits per heavy atom. The number of hydrogen-bond donors (Lipinski definition) is 1. The van der Waals surface area contributed by atoms with Gasteiger partial charge in [-0.15, -0.1) is 0 Å². The van der Waals surface area contributed by atoms with Crippen LogP contribution in [0.4, 0.5) is 5.69 Å². The summed E-state index contributed by atoms with van der Waals surface area (Å²) in [4.78, 5) is 27.6. The molecule has 0 saturated carbocycles. The molecule has 0 aliphatic heterocycles. The van der Waals surface area contributed by atoms with Gasteiger partial charge < -0.3 is 14.2 Å². The van der Waals surface area contributed by atoms with E-state index in [1.807, 2.05) is 0 Å². The molecule has 0 aliphatic carbocycles. The van der Waals surface area contributed by atoms with Crippen molar-refractivity contribution in [3.05, 3.63) is 71.2 Å². The largest absolute Gasteiger partial charge is 0.459 e. The molecule has 0 unspecified atom stereocenters. The van der Waals surface area contributed by atoms with Crippen LogP contribution in [0.1, 0.15) is 10.6 Å². The Hall–Kier alpha value is -3.15. The maximum atomic E-state index is 11.9. The van der Waals surface area contributed by atoms with Gasteiger partial charge in [-0.05, 0) is 36.4 Å². The monoisotopic (exact) mass is 282 g/mol. The Balaban J connectivity index is 1.86. The van der Waals surface area contributed by atoms with Crippen LogP contribution in [0.3, 0.4) is 0 Å². The highest BCUT2D eigenvalue weighted by molar-refractivity contribution is 6.02. The van der Waals surface area contributed by atoms with Crippen LogP contribution in [-0.4, -0.2) is 10.9 Å². The second-order valence-corrected chi connectivity index (χ2v) is 4.17. The average Bonchev–Trinajstić information content (AvgIpc) is 3.04. The third-order valence-corrected chi connectivity index (χ3v) is 2.76. The Bertz CT molecular complexity index is 807. The zero-order chi connectivity index (χ0) is 14.7. The van der Waals surface area contributed by atoms with Crippen LogP contribution in [0.5, 0.6) is 0 Å². The van der Waals surface area contributed by atoms with Gasteiger partial charge in [0.1, 0.15) is 11.4 Å². The maximum absolute atomic E-state index is 11.9. The molecule has 6 heteroatoms. The van der Waals surface area contributed by atoms with E-state index in [-0.39, 0.29) is 11.4 Å². The molecule has 3 aromatic rings. The molecule has 3 aromatic heterocycles. The smallest absolute Gasteiger partial charge is 0.360 e. The fraction of sp³-hybridized carbons (Fsp3) is 0. The molecule has 0 radical (unpaired) electrons. The zero-order valence-electron chi connectivity index (χ0n) is 10.8. The van der Waals surface area contributed by atoms with Crippen molar-refractivity contribution in [3.63, 3.8) is 0 Å². The van der Waals surface area contributed by atoms with Crippen LogP contribution in [0, 0.1) is 0 Å². The quantitative estimate of drug-likeness (QED) is 0.797. The number of aromatic nitrogens is 1. The van der Waals surface area contributed by atoms with Gasteiger partial charge in [0.15, 0.2) is 5.76 Å². The fourth-order valence-electron chi connectivity index (χ4n) is 1.76. The van der Waals surface area contributed by atoms with Gasteiger partial charge in [-0.3, -0.25) is 9.78 Å². The van der Waals surface area contributed by atoms with E-state index in [0.717, 1.165) is 0 Å². The number of anilines is 1. The first-order valence-corrected chi connectivity index (χ1v) is 6.13. The standard InChI is InChI=1S/C15H10N2O4/c18-14(13-4-2-8-20-13)17-11-5-6-12(21-15(11)19)10-3-1-7-16-9-10/h1-9H,(H,17,18). The van der Waals surface area contributed by atoms with E-state index in [2.05, 4.69) is 10.3 Å². The minimum atomic E-state index is -0.642. The molecular weight excluding hydrogens is 272 g/mol. The van der Waals surface area contributed by atoms with Crippen molar-refractivity contribution in [3.8, 4) is 11.3 Å². The zero-order valence-corrected chi connectivity index (χ0v) is 10.8. The summed E-state index contributed by atoms with van der Waals surface area (Å²) in [5, 5.41) is 2.44. The number of nitrogens with one attached hydrogen (secondary N) is 1. The summed E-state index contributed by atoms with van der Waals surface area (Å²) in [6.07, 6.45) is 4.59. The van der Waals surface area contributed by atoms with Crippen molar-refractivity contribution in [1.82, 2.24) is 4.98 Å². The van der Waals surface area contributed by atoms with Gasteiger partial charge in [-0.1, -0.05) is 0 Å². The van der Waals surface area contributed by atoms with Crippen LogP contribution < -0.4 is 10.9 Å². The summed E-state index contributed by atoms with van der Waals surface area (Å²) < 4.78 is 10.1. The van der Waals surface area contributed by atoms with E-state index >= 15 is 0 Å². The highest BCUT2D eigenvalue weighted by Gasteiger charge is 2.12. The van der Waals surface area contributed by atoms with E-state index in [1.165, 1.54) is 18.4 Å². The normalized spacial score (nSPS) is 10.3. The number of carbonyl (C=O) groups is 1. The summed E-state index contributed by atoms with van der Waals surface area (Å²) in [6, 6.07) is 9.67. The van der Waals surface area contributed by atoms with Gasteiger partial charge in [0, 0.05) is 18.0 Å². The van der Waals surface area contributed by atoms with Gasteiger partial charge in [-0.25, -0.2) is 4.79 Å². The lowest BCUT2D eigenvalue weighted by molar-refractivity contribution is 0.0996. The SMILES string of the molecule is O=C(Nc1ccc(-c2cccnc2)oc1=O)c1ccco1. The Kier molecular flexibility index (Phi) is 3.34. The minimum Gasteiger partial charge on any atom is -0.459 e. The van der Waals surface area contributed by atoms with Crippen molar-refractivity contribution in [2.75, 3.05) is 5.32 Å². The predicted octanol–water partition coefficient (Wildman–Crippen LogP) is 2.55. The lowest BCUT2D eigenvalue weighted by atomic mass is 10.2. The summed E-state index contributed by atoms with van der Waals surface area (Å²) in [7, 11) is 0. The molecule has 6 nitrogen and oxygen atoms in total. The van der Waals surface area contributed by atoms with E-state index in [4.69, 9.17) is 8.83 Å². The molecule has 1 amide bonds. The van der Waals surface area contributed by atoms with Gasteiger partial charge >= 0.3 is 5.63 Å². The Labute approximate surface area is 119 Å². The molecule has 0 saturated heterocycles. The van der Waals surface area contributed by atoms with E-state index in [1.54, 1.807) is 36.7 Å². The number of nitrogens with zero attached hydrogens (tertiary/aromatic N) is 1. The lowest BCUT2D eigenvalue weighted by Gasteiger charge is -2.03. The Morgan fingerprint density at radius 1 is 1.14 bits per heavy atom. The second-order valence-electron chi connectivity index (χ2n) is 4.17. The minimum absolute atomic E-state index is 0.0454. The third-order valence-electron chi connectivity index (χ3n) is 2.76. The van der Waals surface area contributed by atoms with Crippen molar-refractivity contribution in [2.45, 2.75) is 0 Å². The molecular formula is C15H10N2O4. The molecule has 0 spiro atoms. The molecule has 0 atom stereocenters. The van der Waals surface area contributed by atoms with Crippen LogP contribution in [0.15, 0.2) is 68.7 Å². The molecule has 0 aliphatic rings. The summed E-state index contributed by atoms with van der Waals surface area (Å²) in [6.45, 7) is 0. The molecule has 1 N–H and O–H groups in total. The van der Waals surface area contributed by atoms with Crippen molar-refractivity contribution in [2.24, 2.45) is 0 Å². The van der Waals surface area contributed by atoms with Crippen molar-refractivity contribution >= 4 is 11.6 Å². The highest BCUT2D eigenvalue weighted by atomic mass is 16.4. The first-order chi connectivity index (χ1) is 10.2. The number of carbonyl (C=O) groups excluding carboxylic acids is 1. The van der Waals surface area contributed by atoms with Crippen LogP contribution in [0.25, 0.3) is 11.3 Å². The van der Waals surface area contributed by atoms with Crippen molar-refractivity contribution < 1.29 is 13.6 Å². The molecule has 3 heterocycles. The number of pyridine rings is 1. The van der Waals surface area contributed by atoms with Gasteiger partial charge in [-0.2, -0.15) is 0 Å². The number of furan rings is 1. The van der Waals surface area contributed by atoms with Crippen LogP contribution >= 0.6 is 0 Å². The first-order valence-electron chi connectivity index (χ1n) is 6.13. The molecule has 21 heavy (non-hydrogen) atoms. The van der Waals surface area contributed by atoms with Gasteiger partial charge in [0.05, 0.1) is 6.26 Å². The molecule has 3 rings (SSSR count). The number of hydrogen-bond acceptors (Lipinski definition) is 5. The summed E-state index contributed by atoms with van der Waals surface area (Å²) >= 11 is 0. The number of amides is 1.